The van der Waals surface area contributed by atoms with Gasteiger partial charge in [0, 0.05) is 19.8 Å². The van der Waals surface area contributed by atoms with Crippen LogP contribution in [0.15, 0.2) is 17.2 Å². The predicted octanol–water partition coefficient (Wildman–Crippen LogP) is -0.618. The summed E-state index contributed by atoms with van der Waals surface area (Å²) in [7, 11) is -2.34. The molecule has 3 N–H and O–H groups in total. The Balaban J connectivity index is 3.00. The van der Waals surface area contributed by atoms with Crippen molar-refractivity contribution in [1.29, 1.82) is 0 Å². The minimum atomic E-state index is -3.78. The SMILES string of the molecule is C[C@H](O)CNS(=O)(=O)c1cc(C(=O)O)n(C)c1. The van der Waals surface area contributed by atoms with Crippen LogP contribution in [0.4, 0.5) is 0 Å². The standard InChI is InChI=1S/C9H14N2O5S/c1-6(12)4-10-17(15,16)7-3-8(9(13)14)11(2)5-7/h3,5-6,10,12H,4H2,1-2H3,(H,13,14)/t6-/m0/s1. The molecule has 1 aromatic rings. The number of carboxylic acids is 1. The van der Waals surface area contributed by atoms with Gasteiger partial charge in [0.2, 0.25) is 10.0 Å². The molecule has 0 unspecified atom stereocenters. The minimum Gasteiger partial charge on any atom is -0.477 e. The van der Waals surface area contributed by atoms with Crippen LogP contribution in [0.5, 0.6) is 0 Å². The third-order valence-electron chi connectivity index (χ3n) is 2.08. The zero-order valence-electron chi connectivity index (χ0n) is 9.41. The van der Waals surface area contributed by atoms with Gasteiger partial charge >= 0.3 is 5.97 Å². The normalized spacial score (nSPS) is 13.6. The summed E-state index contributed by atoms with van der Waals surface area (Å²) in [6.07, 6.45) is 0.390. The Labute approximate surface area is 98.7 Å². The number of aromatic carboxylic acids is 1. The van der Waals surface area contributed by atoms with Gasteiger partial charge in [0.15, 0.2) is 0 Å². The Bertz CT molecular complexity index is 517. The molecule has 17 heavy (non-hydrogen) atoms. The van der Waals surface area contributed by atoms with Crippen molar-refractivity contribution in [2.75, 3.05) is 6.54 Å². The molecule has 0 aliphatic carbocycles. The second-order valence-electron chi connectivity index (χ2n) is 3.68. The Kier molecular flexibility index (Phi) is 3.91. The van der Waals surface area contributed by atoms with E-state index < -0.39 is 22.1 Å². The average Bonchev–Trinajstić information content (AvgIpc) is 2.58. The quantitative estimate of drug-likeness (QED) is 0.655. The largest absolute Gasteiger partial charge is 0.477 e. The van der Waals surface area contributed by atoms with Crippen LogP contribution >= 0.6 is 0 Å². The number of aryl methyl sites for hydroxylation is 1. The highest BCUT2D eigenvalue weighted by molar-refractivity contribution is 7.89. The monoisotopic (exact) mass is 262 g/mol. The average molecular weight is 262 g/mol. The van der Waals surface area contributed by atoms with Crippen molar-refractivity contribution in [2.24, 2.45) is 7.05 Å². The Morgan fingerprint density at radius 3 is 2.59 bits per heavy atom. The van der Waals surface area contributed by atoms with E-state index in [0.717, 1.165) is 6.07 Å². The van der Waals surface area contributed by atoms with Gasteiger partial charge < -0.3 is 14.8 Å². The molecule has 0 radical (unpaired) electrons. The summed E-state index contributed by atoms with van der Waals surface area (Å²) in [6.45, 7) is 1.32. The van der Waals surface area contributed by atoms with Crippen molar-refractivity contribution in [2.45, 2.75) is 17.9 Å². The van der Waals surface area contributed by atoms with E-state index in [4.69, 9.17) is 10.2 Å². The van der Waals surface area contributed by atoms with Crippen molar-refractivity contribution < 1.29 is 23.4 Å². The summed E-state index contributed by atoms with van der Waals surface area (Å²) in [6, 6.07) is 1.06. The second-order valence-corrected chi connectivity index (χ2v) is 5.44. The van der Waals surface area contributed by atoms with Gasteiger partial charge in [0.05, 0.1) is 6.10 Å². The van der Waals surface area contributed by atoms with E-state index in [-0.39, 0.29) is 17.1 Å². The van der Waals surface area contributed by atoms with E-state index in [1.807, 2.05) is 0 Å². The maximum atomic E-state index is 11.7. The number of nitrogens with one attached hydrogen (secondary N) is 1. The topological polar surface area (TPSA) is 109 Å². The van der Waals surface area contributed by atoms with Gasteiger partial charge in [0.1, 0.15) is 10.6 Å². The smallest absolute Gasteiger partial charge is 0.352 e. The summed E-state index contributed by atoms with van der Waals surface area (Å²) < 4.78 is 26.8. The zero-order valence-corrected chi connectivity index (χ0v) is 10.2. The third-order valence-corrected chi connectivity index (χ3v) is 3.47. The van der Waals surface area contributed by atoms with Crippen molar-refractivity contribution in [3.63, 3.8) is 0 Å². The molecule has 7 nitrogen and oxygen atoms in total. The van der Waals surface area contributed by atoms with Crippen LogP contribution in [0.2, 0.25) is 0 Å². The first kappa shape index (κ1) is 13.7. The van der Waals surface area contributed by atoms with Gasteiger partial charge in [0.25, 0.3) is 0 Å². The van der Waals surface area contributed by atoms with E-state index in [1.54, 1.807) is 0 Å². The molecule has 8 heteroatoms. The van der Waals surface area contributed by atoms with Gasteiger partial charge in [-0.1, -0.05) is 0 Å². The van der Waals surface area contributed by atoms with Crippen molar-refractivity contribution in [3.05, 3.63) is 18.0 Å². The highest BCUT2D eigenvalue weighted by Gasteiger charge is 2.20. The predicted molar refractivity (Wildman–Crippen MR) is 59.2 cm³/mol. The van der Waals surface area contributed by atoms with Crippen LogP contribution in [0.1, 0.15) is 17.4 Å². The molecule has 0 fully saturated rings. The summed E-state index contributed by atoms with van der Waals surface area (Å²) in [5, 5.41) is 17.8. The highest BCUT2D eigenvalue weighted by atomic mass is 32.2. The van der Waals surface area contributed by atoms with Crippen LogP contribution in [0.3, 0.4) is 0 Å². The number of aliphatic hydroxyl groups is 1. The molecule has 0 amide bonds. The maximum absolute atomic E-state index is 11.7. The lowest BCUT2D eigenvalue weighted by atomic mass is 10.4. The lowest BCUT2D eigenvalue weighted by molar-refractivity contribution is 0.0686. The molecular weight excluding hydrogens is 248 g/mol. The molecule has 0 aromatic carbocycles. The van der Waals surface area contributed by atoms with Gasteiger partial charge in [-0.15, -0.1) is 0 Å². The number of rotatable bonds is 5. The Morgan fingerprint density at radius 2 is 2.18 bits per heavy atom. The van der Waals surface area contributed by atoms with E-state index in [0.29, 0.717) is 0 Å². The fourth-order valence-corrected chi connectivity index (χ4v) is 2.40. The van der Waals surface area contributed by atoms with Crippen LogP contribution < -0.4 is 4.72 Å². The lowest BCUT2D eigenvalue weighted by Crippen LogP contribution is -2.30. The van der Waals surface area contributed by atoms with Gasteiger partial charge in [-0.2, -0.15) is 0 Å². The maximum Gasteiger partial charge on any atom is 0.352 e. The van der Waals surface area contributed by atoms with Crippen LogP contribution in [-0.4, -0.2) is 41.8 Å². The summed E-state index contributed by atoms with van der Waals surface area (Å²) >= 11 is 0. The van der Waals surface area contributed by atoms with Crippen molar-refractivity contribution >= 4 is 16.0 Å². The Morgan fingerprint density at radius 1 is 1.59 bits per heavy atom. The van der Waals surface area contributed by atoms with Crippen LogP contribution in [0, 0.1) is 0 Å². The zero-order chi connectivity index (χ0) is 13.2. The first-order valence-electron chi connectivity index (χ1n) is 4.81. The molecule has 0 saturated heterocycles. The number of hydrogen-bond acceptors (Lipinski definition) is 4. The number of hydrogen-bond donors (Lipinski definition) is 3. The fourth-order valence-electron chi connectivity index (χ4n) is 1.21. The fraction of sp³-hybridized carbons (Fsp3) is 0.444. The molecule has 0 aliphatic heterocycles. The first-order valence-corrected chi connectivity index (χ1v) is 6.29. The number of sulfonamides is 1. The number of nitrogens with zero attached hydrogens (tertiary/aromatic N) is 1. The van der Waals surface area contributed by atoms with Gasteiger partial charge in [-0.25, -0.2) is 17.9 Å². The molecule has 96 valence electrons. The van der Waals surface area contributed by atoms with Crippen LogP contribution in [-0.2, 0) is 17.1 Å². The lowest BCUT2D eigenvalue weighted by Gasteiger charge is -2.06. The minimum absolute atomic E-state index is 0.123. The van der Waals surface area contributed by atoms with Crippen LogP contribution in [0.25, 0.3) is 0 Å². The molecule has 0 spiro atoms. The molecule has 1 aromatic heterocycles. The highest BCUT2D eigenvalue weighted by Crippen LogP contribution is 2.13. The Hall–Kier alpha value is -1.38. The molecule has 1 atom stereocenters. The molecule has 0 bridgehead atoms. The molecule has 0 saturated carbocycles. The molecule has 0 aliphatic rings. The number of carbonyl (C=O) groups is 1. The van der Waals surface area contributed by atoms with E-state index in [2.05, 4.69) is 4.72 Å². The molecule has 1 rings (SSSR count). The van der Waals surface area contributed by atoms with E-state index in [1.165, 1.54) is 24.7 Å². The summed E-state index contributed by atoms with van der Waals surface area (Å²) in [4.78, 5) is 10.6. The second kappa shape index (κ2) is 4.86. The number of carboxylic acid groups (broad SMARTS) is 1. The third kappa shape index (κ3) is 3.29. The first-order chi connectivity index (χ1) is 7.74. The summed E-state index contributed by atoms with van der Waals surface area (Å²) in [5.74, 6) is -1.20. The molecular formula is C9H14N2O5S. The van der Waals surface area contributed by atoms with Crippen molar-refractivity contribution in [1.82, 2.24) is 9.29 Å². The van der Waals surface area contributed by atoms with Gasteiger partial charge in [-0.3, -0.25) is 0 Å². The van der Waals surface area contributed by atoms with E-state index >= 15 is 0 Å². The number of aromatic nitrogens is 1. The van der Waals surface area contributed by atoms with Crippen molar-refractivity contribution in [3.8, 4) is 0 Å². The van der Waals surface area contributed by atoms with E-state index in [9.17, 15) is 13.2 Å². The van der Waals surface area contributed by atoms with Gasteiger partial charge in [-0.05, 0) is 13.0 Å². The number of aliphatic hydroxyl groups excluding tert-OH is 1. The molecule has 1 heterocycles. The summed E-state index contributed by atoms with van der Waals surface area (Å²) in [5.41, 5.74) is -0.123.